The molecule has 0 radical (unpaired) electrons. The minimum Gasteiger partial charge on any atom is -0.762 e. The molecule has 0 aliphatic carbocycles. The van der Waals surface area contributed by atoms with E-state index in [1.54, 1.807) is 0 Å². The van der Waals surface area contributed by atoms with Crippen molar-refractivity contribution in [2.75, 3.05) is 13.2 Å². The lowest BCUT2D eigenvalue weighted by atomic mass is 10.7. The van der Waals surface area contributed by atoms with Gasteiger partial charge in [-0.15, -0.1) is 0 Å². The van der Waals surface area contributed by atoms with E-state index in [0.29, 0.717) is 18.4 Å². The first-order valence-electron chi connectivity index (χ1n) is 1.47. The van der Waals surface area contributed by atoms with Crippen molar-refractivity contribution < 1.29 is 4.84 Å². The van der Waals surface area contributed by atoms with Gasteiger partial charge in [-0.25, -0.2) is 0 Å². The third kappa shape index (κ3) is 0.397. The monoisotopic (exact) mass is 74.0 g/mol. The van der Waals surface area contributed by atoms with Gasteiger partial charge in [0.15, 0.2) is 0 Å². The first-order valence-corrected chi connectivity index (χ1v) is 1.47. The topological polar surface area (TPSA) is 35.5 Å². The Kier molecular flexibility index (Phi) is 0.574. The van der Waals surface area contributed by atoms with Gasteiger partial charge in [0, 0.05) is 6.54 Å². The van der Waals surface area contributed by atoms with Crippen LogP contribution < -0.4 is 0 Å². The fourth-order valence-electron chi connectivity index (χ4n) is 0.166. The van der Waals surface area contributed by atoms with Crippen molar-refractivity contribution in [3.05, 3.63) is 5.21 Å². The summed E-state index contributed by atoms with van der Waals surface area (Å²) in [5.74, 6) is 0. The third-order valence-corrected chi connectivity index (χ3v) is 0.509. The lowest BCUT2D eigenvalue weighted by Gasteiger charge is -2.35. The number of hydrogen-bond acceptors (Lipinski definition) is 3. The van der Waals surface area contributed by atoms with Crippen molar-refractivity contribution in [1.29, 1.82) is 0 Å². The summed E-state index contributed by atoms with van der Waals surface area (Å²) in [7, 11) is 0. The standard InChI is InChI=1S/C2H4NO2/c4-3-1-2-5-3/h1-2H2/q-1. The summed E-state index contributed by atoms with van der Waals surface area (Å²) in [6.45, 7) is 1.14. The Labute approximate surface area is 29.7 Å². The highest BCUT2D eigenvalue weighted by Crippen LogP contribution is 1.95. The van der Waals surface area contributed by atoms with Crippen LogP contribution in [-0.2, 0) is 4.84 Å². The van der Waals surface area contributed by atoms with Crippen LogP contribution in [-0.4, -0.2) is 18.4 Å². The van der Waals surface area contributed by atoms with Gasteiger partial charge in [0.05, 0.1) is 6.61 Å². The second kappa shape index (κ2) is 0.931. The van der Waals surface area contributed by atoms with Gasteiger partial charge in [-0.3, -0.25) is 5.23 Å². The molecule has 0 aromatic heterocycles. The molecule has 0 amide bonds. The Morgan fingerprint density at radius 2 is 2.20 bits per heavy atom. The highest BCUT2D eigenvalue weighted by molar-refractivity contribution is 4.49. The van der Waals surface area contributed by atoms with Gasteiger partial charge in [-0.1, -0.05) is 0 Å². The first-order chi connectivity index (χ1) is 2.39. The summed E-state index contributed by atoms with van der Waals surface area (Å²) in [6.07, 6.45) is 0. The van der Waals surface area contributed by atoms with Crippen LogP contribution in [0.1, 0.15) is 0 Å². The van der Waals surface area contributed by atoms with E-state index >= 15 is 0 Å². The molecule has 0 saturated carbocycles. The number of hydroxylamine groups is 2. The summed E-state index contributed by atoms with van der Waals surface area (Å²) in [5.41, 5.74) is 0. The zero-order chi connectivity index (χ0) is 3.70. The molecule has 5 heavy (non-hydrogen) atoms. The van der Waals surface area contributed by atoms with E-state index in [2.05, 4.69) is 4.84 Å². The average Bonchev–Trinajstić information content (AvgIpc) is 1.30. The SMILES string of the molecule is [O-]N1CCO1. The number of rotatable bonds is 0. The molecule has 0 aromatic rings. The van der Waals surface area contributed by atoms with Gasteiger partial charge in [0.1, 0.15) is 0 Å². The van der Waals surface area contributed by atoms with E-state index in [-0.39, 0.29) is 0 Å². The van der Waals surface area contributed by atoms with Gasteiger partial charge in [-0.2, -0.15) is 0 Å². The van der Waals surface area contributed by atoms with Crippen LogP contribution in [0.4, 0.5) is 0 Å². The molecular weight excluding hydrogens is 70.0 g/mol. The summed E-state index contributed by atoms with van der Waals surface area (Å²) in [6, 6.07) is 0. The molecule has 1 aliphatic heterocycles. The second-order valence-electron chi connectivity index (χ2n) is 0.890. The third-order valence-electron chi connectivity index (χ3n) is 0.509. The van der Waals surface area contributed by atoms with E-state index in [1.807, 2.05) is 0 Å². The average molecular weight is 74.1 g/mol. The molecule has 1 fully saturated rings. The second-order valence-corrected chi connectivity index (χ2v) is 0.890. The summed E-state index contributed by atoms with van der Waals surface area (Å²) >= 11 is 0. The molecule has 3 nitrogen and oxygen atoms in total. The van der Waals surface area contributed by atoms with Crippen molar-refractivity contribution in [2.24, 2.45) is 0 Å². The van der Waals surface area contributed by atoms with E-state index in [9.17, 15) is 5.21 Å². The smallest absolute Gasteiger partial charge is 0.0812 e. The van der Waals surface area contributed by atoms with Gasteiger partial charge in [0.2, 0.25) is 0 Å². The Hall–Kier alpha value is -0.120. The van der Waals surface area contributed by atoms with Crippen LogP contribution in [0, 0.1) is 5.21 Å². The van der Waals surface area contributed by atoms with E-state index in [4.69, 9.17) is 0 Å². The summed E-state index contributed by atoms with van der Waals surface area (Å²) in [4.78, 5) is 4.21. The fourth-order valence-corrected chi connectivity index (χ4v) is 0.166. The van der Waals surface area contributed by atoms with Crippen molar-refractivity contribution >= 4 is 0 Å². The maximum atomic E-state index is 9.59. The fraction of sp³-hybridized carbons (Fsp3) is 1.00. The zero-order valence-corrected chi connectivity index (χ0v) is 2.68. The lowest BCUT2D eigenvalue weighted by molar-refractivity contribution is -0.210. The highest BCUT2D eigenvalue weighted by Gasteiger charge is 1.99. The van der Waals surface area contributed by atoms with Crippen LogP contribution >= 0.6 is 0 Å². The van der Waals surface area contributed by atoms with Gasteiger partial charge in [0.25, 0.3) is 0 Å². The molecule has 1 rings (SSSR count). The molecule has 0 N–H and O–H groups in total. The Balaban J connectivity index is 2.08. The van der Waals surface area contributed by atoms with E-state index in [1.165, 1.54) is 0 Å². The van der Waals surface area contributed by atoms with Crippen molar-refractivity contribution in [3.8, 4) is 0 Å². The predicted octanol–water partition coefficient (Wildman–Crippen LogP) is -0.269. The molecule has 0 bridgehead atoms. The first kappa shape index (κ1) is 3.08. The summed E-state index contributed by atoms with van der Waals surface area (Å²) < 4.78 is 0. The molecule has 1 aliphatic rings. The van der Waals surface area contributed by atoms with Gasteiger partial charge < -0.3 is 10.0 Å². The van der Waals surface area contributed by atoms with Crippen LogP contribution in [0.15, 0.2) is 0 Å². The van der Waals surface area contributed by atoms with Crippen LogP contribution in [0.2, 0.25) is 0 Å². The molecule has 0 spiro atoms. The van der Waals surface area contributed by atoms with Crippen molar-refractivity contribution in [2.45, 2.75) is 0 Å². The van der Waals surface area contributed by atoms with Crippen LogP contribution in [0.3, 0.4) is 0 Å². The molecule has 0 atom stereocenters. The summed E-state index contributed by atoms with van der Waals surface area (Å²) in [5, 5.41) is 10.1. The predicted molar refractivity (Wildman–Crippen MR) is 16.0 cm³/mol. The Morgan fingerprint density at radius 3 is 2.20 bits per heavy atom. The van der Waals surface area contributed by atoms with Crippen LogP contribution in [0.5, 0.6) is 0 Å². The molecule has 0 aromatic carbocycles. The molecule has 1 saturated heterocycles. The van der Waals surface area contributed by atoms with E-state index < -0.39 is 0 Å². The van der Waals surface area contributed by atoms with Gasteiger partial charge in [-0.05, 0) is 0 Å². The Morgan fingerprint density at radius 1 is 1.80 bits per heavy atom. The highest BCUT2D eigenvalue weighted by atomic mass is 16.9. The Bertz CT molecular complexity index is 34.6. The molecule has 0 unspecified atom stereocenters. The van der Waals surface area contributed by atoms with Crippen LogP contribution in [0.25, 0.3) is 0 Å². The molecule has 1 heterocycles. The van der Waals surface area contributed by atoms with E-state index in [0.717, 1.165) is 0 Å². The minimum atomic E-state index is 0.542. The van der Waals surface area contributed by atoms with Crippen molar-refractivity contribution in [3.63, 3.8) is 0 Å². The largest absolute Gasteiger partial charge is 0.762 e. The molecule has 30 valence electrons. The quantitative estimate of drug-likeness (QED) is 0.397. The molecular formula is C2H4NO2-. The maximum Gasteiger partial charge on any atom is 0.0812 e. The normalized spacial score (nSPS) is 25.8. The van der Waals surface area contributed by atoms with Crippen molar-refractivity contribution in [1.82, 2.24) is 5.23 Å². The van der Waals surface area contributed by atoms with Gasteiger partial charge >= 0.3 is 0 Å². The maximum absolute atomic E-state index is 9.59. The number of nitrogens with zero attached hydrogens (tertiary/aromatic N) is 1. The lowest BCUT2D eigenvalue weighted by Crippen LogP contribution is -2.33. The minimum absolute atomic E-state index is 0.542. The zero-order valence-electron chi connectivity index (χ0n) is 2.68. The molecule has 3 heteroatoms. The number of hydrogen-bond donors (Lipinski definition) is 0.